The van der Waals surface area contributed by atoms with Gasteiger partial charge in [0.15, 0.2) is 0 Å². The highest BCUT2D eigenvalue weighted by molar-refractivity contribution is 5.48. The van der Waals surface area contributed by atoms with Gasteiger partial charge in [0.2, 0.25) is 0 Å². The van der Waals surface area contributed by atoms with Crippen LogP contribution in [0.4, 0.5) is 0 Å². The van der Waals surface area contributed by atoms with Gasteiger partial charge >= 0.3 is 0 Å². The Morgan fingerprint density at radius 3 is 2.06 bits per heavy atom. The number of hydrogen-bond acceptors (Lipinski definition) is 3. The quantitative estimate of drug-likeness (QED) is 0.722. The van der Waals surface area contributed by atoms with Crippen molar-refractivity contribution in [1.29, 1.82) is 0 Å². The van der Waals surface area contributed by atoms with Crippen LogP contribution in [-0.2, 0) is 12.8 Å². The molecule has 0 unspecified atom stereocenters. The van der Waals surface area contributed by atoms with E-state index in [1.165, 1.54) is 30.4 Å². The smallest absolute Gasteiger partial charge is 0.126 e. The average Bonchev–Trinajstić information content (AvgIpc) is 2.40. The van der Waals surface area contributed by atoms with Crippen LogP contribution in [-0.4, -0.2) is 20.8 Å². The largest absolute Gasteiger partial charge is 0.496 e. The summed E-state index contributed by atoms with van der Waals surface area (Å²) < 4.78 is 11.0. The number of rotatable bonds is 8. The van der Waals surface area contributed by atoms with Gasteiger partial charge in [-0.15, -0.1) is 0 Å². The first-order valence-electron chi connectivity index (χ1n) is 6.70. The highest BCUT2D eigenvalue weighted by Crippen LogP contribution is 2.32. The molecule has 3 heteroatoms. The summed E-state index contributed by atoms with van der Waals surface area (Å²) in [6.45, 7) is 2.85. The molecule has 18 heavy (non-hydrogen) atoms. The van der Waals surface area contributed by atoms with Crippen molar-refractivity contribution in [2.45, 2.75) is 39.0 Å². The van der Waals surface area contributed by atoms with Gasteiger partial charge in [-0.2, -0.15) is 0 Å². The van der Waals surface area contributed by atoms with Crippen LogP contribution in [0.5, 0.6) is 11.5 Å². The number of benzene rings is 1. The summed E-state index contributed by atoms with van der Waals surface area (Å²) in [5.74, 6) is 1.85. The van der Waals surface area contributed by atoms with E-state index in [0.29, 0.717) is 6.54 Å². The van der Waals surface area contributed by atoms with Gasteiger partial charge in [-0.1, -0.05) is 19.8 Å². The van der Waals surface area contributed by atoms with Gasteiger partial charge in [-0.3, -0.25) is 0 Å². The predicted octanol–water partition coefficient (Wildman–Crippen LogP) is 2.94. The van der Waals surface area contributed by atoms with Gasteiger partial charge in [0.05, 0.1) is 14.2 Å². The molecule has 0 atom stereocenters. The molecule has 0 saturated heterocycles. The maximum absolute atomic E-state index is 5.60. The Morgan fingerprint density at radius 2 is 1.61 bits per heavy atom. The molecule has 0 aliphatic heterocycles. The van der Waals surface area contributed by atoms with Crippen molar-refractivity contribution in [3.05, 3.63) is 23.3 Å². The molecule has 0 aromatic heterocycles. The molecular formula is C15H25NO2. The van der Waals surface area contributed by atoms with Crippen LogP contribution in [0, 0.1) is 0 Å². The highest BCUT2D eigenvalue weighted by Gasteiger charge is 2.11. The molecular weight excluding hydrogens is 226 g/mol. The maximum Gasteiger partial charge on any atom is 0.126 e. The number of methoxy groups -OCH3 is 2. The SMILES string of the molecule is CCCCCc1c(OC)cc(CCN)cc1OC. The van der Waals surface area contributed by atoms with Gasteiger partial charge in [0.1, 0.15) is 11.5 Å². The summed E-state index contributed by atoms with van der Waals surface area (Å²) in [5, 5.41) is 0. The molecule has 0 aliphatic rings. The summed E-state index contributed by atoms with van der Waals surface area (Å²) in [5.41, 5.74) is 7.95. The Kier molecular flexibility index (Phi) is 6.58. The van der Waals surface area contributed by atoms with Crippen molar-refractivity contribution in [1.82, 2.24) is 0 Å². The van der Waals surface area contributed by atoms with Crippen LogP contribution in [0.2, 0.25) is 0 Å². The minimum absolute atomic E-state index is 0.640. The highest BCUT2D eigenvalue weighted by atomic mass is 16.5. The zero-order valence-electron chi connectivity index (χ0n) is 11.8. The summed E-state index contributed by atoms with van der Waals surface area (Å²) in [6, 6.07) is 4.16. The van der Waals surface area contributed by atoms with Crippen molar-refractivity contribution < 1.29 is 9.47 Å². The lowest BCUT2D eigenvalue weighted by molar-refractivity contribution is 0.383. The van der Waals surface area contributed by atoms with Gasteiger partial charge < -0.3 is 15.2 Å². The van der Waals surface area contributed by atoms with E-state index in [1.807, 2.05) is 0 Å². The standard InChI is InChI=1S/C15H25NO2/c1-4-5-6-7-13-14(17-2)10-12(8-9-16)11-15(13)18-3/h10-11H,4-9,16H2,1-3H3. The van der Waals surface area contributed by atoms with Crippen LogP contribution >= 0.6 is 0 Å². The molecule has 0 aliphatic carbocycles. The van der Waals surface area contributed by atoms with Crippen molar-refractivity contribution in [3.63, 3.8) is 0 Å². The van der Waals surface area contributed by atoms with E-state index >= 15 is 0 Å². The van der Waals surface area contributed by atoms with E-state index in [9.17, 15) is 0 Å². The fourth-order valence-electron chi connectivity index (χ4n) is 2.15. The third kappa shape index (κ3) is 3.91. The van der Waals surface area contributed by atoms with Crippen LogP contribution in [0.3, 0.4) is 0 Å². The van der Waals surface area contributed by atoms with Gasteiger partial charge in [-0.05, 0) is 43.5 Å². The Morgan fingerprint density at radius 1 is 1.00 bits per heavy atom. The van der Waals surface area contributed by atoms with Gasteiger partial charge in [0.25, 0.3) is 0 Å². The lowest BCUT2D eigenvalue weighted by atomic mass is 10.0. The van der Waals surface area contributed by atoms with E-state index in [-0.39, 0.29) is 0 Å². The molecule has 0 bridgehead atoms. The van der Waals surface area contributed by atoms with Crippen LogP contribution in [0.25, 0.3) is 0 Å². The second-order valence-electron chi connectivity index (χ2n) is 4.47. The molecule has 0 heterocycles. The molecule has 0 amide bonds. The van der Waals surface area contributed by atoms with Crippen LogP contribution in [0.15, 0.2) is 12.1 Å². The maximum atomic E-state index is 5.60. The zero-order valence-corrected chi connectivity index (χ0v) is 11.8. The summed E-state index contributed by atoms with van der Waals surface area (Å²) in [4.78, 5) is 0. The molecule has 0 radical (unpaired) electrons. The number of hydrogen-bond donors (Lipinski definition) is 1. The van der Waals surface area contributed by atoms with Gasteiger partial charge in [0, 0.05) is 5.56 Å². The Hall–Kier alpha value is -1.22. The molecule has 0 spiro atoms. The fourth-order valence-corrected chi connectivity index (χ4v) is 2.15. The first kappa shape index (κ1) is 14.8. The lowest BCUT2D eigenvalue weighted by Gasteiger charge is -2.15. The Labute approximate surface area is 110 Å². The van der Waals surface area contributed by atoms with Crippen molar-refractivity contribution in [2.75, 3.05) is 20.8 Å². The van der Waals surface area contributed by atoms with E-state index in [2.05, 4.69) is 19.1 Å². The Bertz CT molecular complexity index is 339. The number of ether oxygens (including phenoxy) is 2. The average molecular weight is 251 g/mol. The summed E-state index contributed by atoms with van der Waals surface area (Å²) in [7, 11) is 3.43. The predicted molar refractivity (Wildman–Crippen MR) is 75.5 cm³/mol. The van der Waals surface area contributed by atoms with E-state index in [1.54, 1.807) is 14.2 Å². The van der Waals surface area contributed by atoms with Gasteiger partial charge in [-0.25, -0.2) is 0 Å². The Balaban J connectivity index is 2.97. The molecule has 1 aromatic carbocycles. The minimum Gasteiger partial charge on any atom is -0.496 e. The molecule has 0 fully saturated rings. The van der Waals surface area contributed by atoms with Crippen molar-refractivity contribution >= 4 is 0 Å². The third-order valence-corrected chi connectivity index (χ3v) is 3.13. The molecule has 3 nitrogen and oxygen atoms in total. The molecule has 0 saturated carbocycles. The first-order valence-corrected chi connectivity index (χ1v) is 6.70. The van der Waals surface area contributed by atoms with Crippen molar-refractivity contribution in [3.8, 4) is 11.5 Å². The number of nitrogens with two attached hydrogens (primary N) is 1. The molecule has 1 aromatic rings. The fraction of sp³-hybridized carbons (Fsp3) is 0.600. The molecule has 2 N–H and O–H groups in total. The minimum atomic E-state index is 0.640. The summed E-state index contributed by atoms with van der Waals surface area (Å²) >= 11 is 0. The molecule has 102 valence electrons. The van der Waals surface area contributed by atoms with Crippen LogP contribution < -0.4 is 15.2 Å². The van der Waals surface area contributed by atoms with E-state index < -0.39 is 0 Å². The second kappa shape index (κ2) is 7.98. The van der Waals surface area contributed by atoms with Crippen LogP contribution in [0.1, 0.15) is 37.3 Å². The van der Waals surface area contributed by atoms with E-state index in [4.69, 9.17) is 15.2 Å². The first-order chi connectivity index (χ1) is 8.76. The zero-order chi connectivity index (χ0) is 13.4. The van der Waals surface area contributed by atoms with E-state index in [0.717, 1.165) is 24.3 Å². The number of unbranched alkanes of at least 4 members (excludes halogenated alkanes) is 2. The lowest BCUT2D eigenvalue weighted by Crippen LogP contribution is -2.05. The normalized spacial score (nSPS) is 10.4. The van der Waals surface area contributed by atoms with Crippen molar-refractivity contribution in [2.24, 2.45) is 5.73 Å². The second-order valence-corrected chi connectivity index (χ2v) is 4.47. The monoisotopic (exact) mass is 251 g/mol. The molecule has 1 rings (SSSR count). The third-order valence-electron chi connectivity index (χ3n) is 3.13. The topological polar surface area (TPSA) is 44.5 Å². The summed E-state index contributed by atoms with van der Waals surface area (Å²) in [6.07, 6.45) is 5.47.